The van der Waals surface area contributed by atoms with E-state index in [-0.39, 0.29) is 19.1 Å². The van der Waals surface area contributed by atoms with Crippen molar-refractivity contribution < 1.29 is 23.9 Å². The van der Waals surface area contributed by atoms with Crippen molar-refractivity contribution in [2.75, 3.05) is 26.8 Å². The van der Waals surface area contributed by atoms with Gasteiger partial charge in [-0.2, -0.15) is 0 Å². The third-order valence-electron chi connectivity index (χ3n) is 4.28. The summed E-state index contributed by atoms with van der Waals surface area (Å²) in [7, 11) is 1.65. The number of likely N-dealkylation sites (N-methyl/N-ethyl adjacent to an activating group) is 1. The molecular formula is C22H26N2O5. The molecular weight excluding hydrogens is 372 g/mol. The fourth-order valence-corrected chi connectivity index (χ4v) is 2.62. The molecule has 0 aliphatic carbocycles. The lowest BCUT2D eigenvalue weighted by molar-refractivity contribution is -0.150. The number of para-hydroxylation sites is 1. The minimum atomic E-state index is -0.690. The molecule has 7 nitrogen and oxygen atoms in total. The van der Waals surface area contributed by atoms with E-state index in [1.54, 1.807) is 31.3 Å². The normalized spacial score (nSPS) is 10.2. The Morgan fingerprint density at radius 3 is 2.45 bits per heavy atom. The number of esters is 1. The molecule has 2 aromatic carbocycles. The van der Waals surface area contributed by atoms with Gasteiger partial charge in [0.1, 0.15) is 12.3 Å². The smallest absolute Gasteiger partial charge is 0.325 e. The topological polar surface area (TPSA) is 84.9 Å². The van der Waals surface area contributed by atoms with Crippen LogP contribution in [0.25, 0.3) is 0 Å². The summed E-state index contributed by atoms with van der Waals surface area (Å²) in [6.45, 7) is 3.92. The zero-order valence-electron chi connectivity index (χ0n) is 16.9. The molecule has 0 fully saturated rings. The summed E-state index contributed by atoms with van der Waals surface area (Å²) in [6, 6.07) is 14.5. The van der Waals surface area contributed by atoms with Gasteiger partial charge in [-0.1, -0.05) is 36.4 Å². The Kier molecular flexibility index (Phi) is 8.21. The minimum Gasteiger partial charge on any atom is -0.493 e. The molecule has 29 heavy (non-hydrogen) atoms. The quantitative estimate of drug-likeness (QED) is 0.656. The zero-order chi connectivity index (χ0) is 21.2. The van der Waals surface area contributed by atoms with Crippen molar-refractivity contribution >= 4 is 17.8 Å². The third-order valence-corrected chi connectivity index (χ3v) is 4.28. The highest BCUT2D eigenvalue weighted by Crippen LogP contribution is 2.17. The average molecular weight is 398 g/mol. The Bertz CT molecular complexity index is 866. The predicted octanol–water partition coefficient (Wildman–Crippen LogP) is 2.33. The van der Waals surface area contributed by atoms with Crippen LogP contribution in [0.2, 0.25) is 0 Å². The highest BCUT2D eigenvalue weighted by atomic mass is 16.5. The maximum Gasteiger partial charge on any atom is 0.325 e. The van der Waals surface area contributed by atoms with Crippen molar-refractivity contribution in [3.63, 3.8) is 0 Å². The van der Waals surface area contributed by atoms with E-state index in [0.717, 1.165) is 11.1 Å². The van der Waals surface area contributed by atoms with E-state index < -0.39 is 11.9 Å². The SMILES string of the molecule is CCOc1ccccc1C(=O)NCC(=O)OCC(=O)N(C)Cc1ccccc1C. The number of carbonyl (C=O) groups is 3. The van der Waals surface area contributed by atoms with Gasteiger partial charge in [0.15, 0.2) is 6.61 Å². The molecule has 2 aromatic rings. The minimum absolute atomic E-state index is 0.324. The summed E-state index contributed by atoms with van der Waals surface area (Å²) >= 11 is 0. The second kappa shape index (κ2) is 10.8. The van der Waals surface area contributed by atoms with Gasteiger partial charge in [0, 0.05) is 13.6 Å². The molecule has 0 saturated heterocycles. The molecule has 0 unspecified atom stereocenters. The lowest BCUT2D eigenvalue weighted by Gasteiger charge is -2.18. The molecule has 2 rings (SSSR count). The van der Waals surface area contributed by atoms with Crippen molar-refractivity contribution in [3.05, 3.63) is 65.2 Å². The molecule has 2 amide bonds. The van der Waals surface area contributed by atoms with Crippen molar-refractivity contribution in [2.24, 2.45) is 0 Å². The lowest BCUT2D eigenvalue weighted by atomic mass is 10.1. The van der Waals surface area contributed by atoms with Crippen molar-refractivity contribution in [2.45, 2.75) is 20.4 Å². The van der Waals surface area contributed by atoms with Gasteiger partial charge in [-0.25, -0.2) is 0 Å². The summed E-state index contributed by atoms with van der Waals surface area (Å²) in [5, 5.41) is 2.48. The van der Waals surface area contributed by atoms with Crippen LogP contribution in [0.1, 0.15) is 28.4 Å². The molecule has 0 bridgehead atoms. The number of benzene rings is 2. The first-order chi connectivity index (χ1) is 13.9. The maximum absolute atomic E-state index is 12.3. The van der Waals surface area contributed by atoms with E-state index in [0.29, 0.717) is 24.5 Å². The van der Waals surface area contributed by atoms with Gasteiger partial charge >= 0.3 is 5.97 Å². The van der Waals surface area contributed by atoms with E-state index >= 15 is 0 Å². The molecule has 0 heterocycles. The molecule has 0 aromatic heterocycles. The lowest BCUT2D eigenvalue weighted by Crippen LogP contribution is -2.34. The Hall–Kier alpha value is -3.35. The van der Waals surface area contributed by atoms with E-state index in [9.17, 15) is 14.4 Å². The summed E-state index contributed by atoms with van der Waals surface area (Å²) < 4.78 is 10.4. The first-order valence-corrected chi connectivity index (χ1v) is 9.36. The van der Waals surface area contributed by atoms with Crippen LogP contribution in [-0.4, -0.2) is 49.5 Å². The fraction of sp³-hybridized carbons (Fsp3) is 0.318. The molecule has 0 spiro atoms. The zero-order valence-corrected chi connectivity index (χ0v) is 16.9. The Labute approximate surface area is 170 Å². The van der Waals surface area contributed by atoms with Gasteiger partial charge in [0.05, 0.1) is 12.2 Å². The fourth-order valence-electron chi connectivity index (χ4n) is 2.62. The molecule has 1 N–H and O–H groups in total. The van der Waals surface area contributed by atoms with Gasteiger partial charge in [0.2, 0.25) is 0 Å². The standard InChI is InChI=1S/C22H26N2O5/c1-4-28-19-12-8-7-11-18(19)22(27)23-13-21(26)29-15-20(25)24(3)14-17-10-6-5-9-16(17)2/h5-12H,4,13-15H2,1-3H3,(H,23,27). The van der Waals surface area contributed by atoms with Gasteiger partial charge in [0.25, 0.3) is 11.8 Å². The van der Waals surface area contributed by atoms with Gasteiger partial charge in [-0.15, -0.1) is 0 Å². The van der Waals surface area contributed by atoms with Crippen LogP contribution in [0.5, 0.6) is 5.75 Å². The first-order valence-electron chi connectivity index (χ1n) is 9.36. The summed E-state index contributed by atoms with van der Waals surface area (Å²) in [6.07, 6.45) is 0. The summed E-state index contributed by atoms with van der Waals surface area (Å²) in [4.78, 5) is 37.8. The molecule has 0 aliphatic heterocycles. The predicted molar refractivity (Wildman–Crippen MR) is 109 cm³/mol. The van der Waals surface area contributed by atoms with E-state index in [2.05, 4.69) is 5.32 Å². The van der Waals surface area contributed by atoms with Crippen molar-refractivity contribution in [3.8, 4) is 5.75 Å². The Morgan fingerprint density at radius 1 is 1.03 bits per heavy atom. The highest BCUT2D eigenvalue weighted by molar-refractivity contribution is 5.98. The van der Waals surface area contributed by atoms with Gasteiger partial charge in [-0.05, 0) is 37.1 Å². The molecule has 7 heteroatoms. The molecule has 0 saturated carbocycles. The van der Waals surface area contributed by atoms with Gasteiger partial charge < -0.3 is 19.7 Å². The van der Waals surface area contributed by atoms with Crippen LogP contribution in [-0.2, 0) is 20.9 Å². The monoisotopic (exact) mass is 398 g/mol. The summed E-state index contributed by atoms with van der Waals surface area (Å²) in [5.41, 5.74) is 2.44. The van der Waals surface area contributed by atoms with Crippen LogP contribution >= 0.6 is 0 Å². The van der Waals surface area contributed by atoms with Crippen LogP contribution in [0.4, 0.5) is 0 Å². The van der Waals surface area contributed by atoms with E-state index in [1.807, 2.05) is 38.1 Å². The number of hydrogen-bond donors (Lipinski definition) is 1. The number of rotatable bonds is 9. The largest absolute Gasteiger partial charge is 0.493 e. The van der Waals surface area contributed by atoms with Crippen molar-refractivity contribution in [1.82, 2.24) is 10.2 Å². The van der Waals surface area contributed by atoms with E-state index in [1.165, 1.54) is 4.90 Å². The second-order valence-electron chi connectivity index (χ2n) is 6.45. The van der Waals surface area contributed by atoms with Crippen LogP contribution < -0.4 is 10.1 Å². The third kappa shape index (κ3) is 6.64. The molecule has 0 radical (unpaired) electrons. The summed E-state index contributed by atoms with van der Waals surface area (Å²) in [5.74, 6) is -1.03. The molecule has 154 valence electrons. The van der Waals surface area contributed by atoms with Crippen molar-refractivity contribution in [1.29, 1.82) is 0 Å². The second-order valence-corrected chi connectivity index (χ2v) is 6.45. The van der Waals surface area contributed by atoms with Gasteiger partial charge in [-0.3, -0.25) is 14.4 Å². The van der Waals surface area contributed by atoms with Crippen LogP contribution in [0.3, 0.4) is 0 Å². The number of amides is 2. The number of nitrogens with one attached hydrogen (secondary N) is 1. The average Bonchev–Trinajstić information content (AvgIpc) is 2.72. The highest BCUT2D eigenvalue weighted by Gasteiger charge is 2.16. The molecule has 0 aliphatic rings. The number of aryl methyl sites for hydroxylation is 1. The van der Waals surface area contributed by atoms with E-state index in [4.69, 9.17) is 9.47 Å². The molecule has 0 atom stereocenters. The Morgan fingerprint density at radius 2 is 1.72 bits per heavy atom. The Balaban J connectivity index is 1.78. The van der Waals surface area contributed by atoms with Crippen LogP contribution in [0, 0.1) is 6.92 Å². The maximum atomic E-state index is 12.3. The van der Waals surface area contributed by atoms with Crippen LogP contribution in [0.15, 0.2) is 48.5 Å². The number of nitrogens with zero attached hydrogens (tertiary/aromatic N) is 1. The number of hydrogen-bond acceptors (Lipinski definition) is 5. The first kappa shape index (κ1) is 21.9. The number of ether oxygens (including phenoxy) is 2. The number of carbonyl (C=O) groups excluding carboxylic acids is 3.